The number of methoxy groups -OCH3 is 1. The van der Waals surface area contributed by atoms with E-state index in [1.54, 1.807) is 32.2 Å². The third-order valence-corrected chi connectivity index (χ3v) is 5.41. The topological polar surface area (TPSA) is 138 Å². The van der Waals surface area contributed by atoms with Crippen LogP contribution < -0.4 is 4.74 Å². The van der Waals surface area contributed by atoms with Crippen LogP contribution in [0.25, 0.3) is 22.6 Å². The molecule has 1 fully saturated rings. The summed E-state index contributed by atoms with van der Waals surface area (Å²) < 4.78 is 16.6. The summed E-state index contributed by atoms with van der Waals surface area (Å²) in [6, 6.07) is 12.7. The van der Waals surface area contributed by atoms with Gasteiger partial charge in [-0.1, -0.05) is 18.2 Å². The minimum atomic E-state index is -1.45. The molecule has 31 heavy (non-hydrogen) atoms. The summed E-state index contributed by atoms with van der Waals surface area (Å²) in [7, 11) is 1.56. The molecule has 3 aromatic rings. The first-order valence-electron chi connectivity index (χ1n) is 9.82. The van der Waals surface area contributed by atoms with Crippen molar-refractivity contribution in [3.8, 4) is 28.3 Å². The second kappa shape index (κ2) is 8.74. The highest BCUT2D eigenvalue weighted by atomic mass is 16.5. The van der Waals surface area contributed by atoms with Gasteiger partial charge in [0.1, 0.15) is 36.3 Å². The molecule has 2 aromatic carbocycles. The summed E-state index contributed by atoms with van der Waals surface area (Å²) in [5, 5.41) is 47.9. The monoisotopic (exact) mass is 428 g/mol. The summed E-state index contributed by atoms with van der Waals surface area (Å²) in [5.41, 5.74) is 2.92. The number of hydrogen-bond donors (Lipinski definition) is 4. The van der Waals surface area contributed by atoms with E-state index in [1.165, 1.54) is 0 Å². The Bertz CT molecular complexity index is 1030. The lowest BCUT2D eigenvalue weighted by molar-refractivity contribution is -0.231. The van der Waals surface area contributed by atoms with Gasteiger partial charge in [0.15, 0.2) is 0 Å². The predicted octanol–water partition coefficient (Wildman–Crippen LogP) is 1.24. The molecule has 9 heteroatoms. The summed E-state index contributed by atoms with van der Waals surface area (Å²) in [5.74, 6) is 1.51. The zero-order valence-corrected chi connectivity index (χ0v) is 17.0. The van der Waals surface area contributed by atoms with Crippen LogP contribution in [0.2, 0.25) is 0 Å². The van der Waals surface area contributed by atoms with Crippen LogP contribution in [-0.2, 0) is 4.74 Å². The molecule has 1 aliphatic heterocycles. The molecular formula is C22H24N2O7. The van der Waals surface area contributed by atoms with Crippen molar-refractivity contribution in [3.63, 3.8) is 0 Å². The highest BCUT2D eigenvalue weighted by molar-refractivity contribution is 5.73. The lowest BCUT2D eigenvalue weighted by atomic mass is 9.89. The minimum Gasteiger partial charge on any atom is -0.496 e. The molecule has 1 aliphatic rings. The fourth-order valence-electron chi connectivity index (χ4n) is 3.71. The average molecular weight is 428 g/mol. The van der Waals surface area contributed by atoms with Gasteiger partial charge < -0.3 is 34.3 Å². The number of benzene rings is 2. The van der Waals surface area contributed by atoms with Crippen LogP contribution >= 0.6 is 0 Å². The van der Waals surface area contributed by atoms with Gasteiger partial charge in [-0.2, -0.15) is 0 Å². The third kappa shape index (κ3) is 4.06. The molecule has 4 rings (SSSR count). The Balaban J connectivity index is 1.68. The number of hydrogen-bond acceptors (Lipinski definition) is 9. The molecule has 4 N–H and O–H groups in total. The van der Waals surface area contributed by atoms with Crippen molar-refractivity contribution in [3.05, 3.63) is 53.9 Å². The molecule has 0 unspecified atom stereocenters. The number of aliphatic hydroxyl groups excluding tert-OH is 4. The van der Waals surface area contributed by atoms with E-state index in [2.05, 4.69) is 10.2 Å². The summed E-state index contributed by atoms with van der Waals surface area (Å²) in [6.07, 6.45) is -6.12. The number of rotatable bonds is 5. The second-order valence-corrected chi connectivity index (χ2v) is 7.41. The molecule has 164 valence electrons. The average Bonchev–Trinajstić information content (AvgIpc) is 3.24. The Morgan fingerprint density at radius 1 is 0.935 bits per heavy atom. The van der Waals surface area contributed by atoms with Crippen molar-refractivity contribution in [2.45, 2.75) is 37.4 Å². The van der Waals surface area contributed by atoms with Crippen LogP contribution in [0.5, 0.6) is 5.75 Å². The molecule has 0 amide bonds. The van der Waals surface area contributed by atoms with E-state index in [0.717, 1.165) is 16.7 Å². The van der Waals surface area contributed by atoms with Crippen molar-refractivity contribution in [2.75, 3.05) is 13.7 Å². The van der Waals surface area contributed by atoms with Gasteiger partial charge in [0, 0.05) is 18.1 Å². The first-order chi connectivity index (χ1) is 14.9. The van der Waals surface area contributed by atoms with Crippen molar-refractivity contribution in [2.24, 2.45) is 0 Å². The van der Waals surface area contributed by atoms with Gasteiger partial charge in [-0.15, -0.1) is 10.2 Å². The van der Waals surface area contributed by atoms with Gasteiger partial charge >= 0.3 is 0 Å². The van der Waals surface area contributed by atoms with Gasteiger partial charge in [-0.05, 0) is 35.4 Å². The zero-order valence-electron chi connectivity index (χ0n) is 17.0. The number of aliphatic hydroxyl groups is 4. The zero-order chi connectivity index (χ0) is 22.1. The predicted molar refractivity (Wildman–Crippen MR) is 109 cm³/mol. The summed E-state index contributed by atoms with van der Waals surface area (Å²) in [4.78, 5) is 0. The SMILES string of the molecule is COc1ccc([C@H]2O[C@H](CO)[C@@H](O)[C@H](O)[C@@H]2O)cc1-c1ccc(-c2nnc(C)o2)cc1. The van der Waals surface area contributed by atoms with Crippen molar-refractivity contribution >= 4 is 0 Å². The Morgan fingerprint density at radius 2 is 1.65 bits per heavy atom. The van der Waals surface area contributed by atoms with Crippen LogP contribution in [0, 0.1) is 6.92 Å². The maximum atomic E-state index is 10.5. The van der Waals surface area contributed by atoms with Gasteiger partial charge in [0.05, 0.1) is 13.7 Å². The van der Waals surface area contributed by atoms with Crippen molar-refractivity contribution in [1.29, 1.82) is 0 Å². The van der Waals surface area contributed by atoms with Crippen LogP contribution in [0.15, 0.2) is 46.9 Å². The van der Waals surface area contributed by atoms with Gasteiger partial charge in [-0.25, -0.2) is 0 Å². The van der Waals surface area contributed by atoms with E-state index in [9.17, 15) is 20.4 Å². The fourth-order valence-corrected chi connectivity index (χ4v) is 3.71. The van der Waals surface area contributed by atoms with Gasteiger partial charge in [0.2, 0.25) is 11.8 Å². The van der Waals surface area contributed by atoms with E-state index in [-0.39, 0.29) is 0 Å². The van der Waals surface area contributed by atoms with E-state index < -0.39 is 37.1 Å². The molecule has 0 spiro atoms. The number of aromatic nitrogens is 2. The standard InChI is InChI=1S/C22H24N2O7/c1-11-23-24-22(30-11)13-5-3-12(4-6-13)15-9-14(7-8-16(15)29-2)21-20(28)19(27)18(26)17(10-25)31-21/h3-9,17-21,25-28H,10H2,1-2H3/t17-,18-,19+,20+,21-/m1/s1. The Kier molecular flexibility index (Phi) is 6.03. The first-order valence-corrected chi connectivity index (χ1v) is 9.82. The van der Waals surface area contributed by atoms with Crippen molar-refractivity contribution < 1.29 is 34.3 Å². The van der Waals surface area contributed by atoms with E-state index in [1.807, 2.05) is 24.3 Å². The largest absolute Gasteiger partial charge is 0.496 e. The molecule has 0 saturated carbocycles. The van der Waals surface area contributed by atoms with Gasteiger partial charge in [0.25, 0.3) is 0 Å². The quantitative estimate of drug-likeness (QED) is 0.473. The molecule has 0 radical (unpaired) electrons. The molecular weight excluding hydrogens is 404 g/mol. The van der Waals surface area contributed by atoms with E-state index in [0.29, 0.717) is 23.1 Å². The Morgan fingerprint density at radius 3 is 2.26 bits per heavy atom. The molecule has 1 aromatic heterocycles. The maximum absolute atomic E-state index is 10.5. The van der Waals surface area contributed by atoms with Crippen LogP contribution in [0.4, 0.5) is 0 Å². The maximum Gasteiger partial charge on any atom is 0.247 e. The summed E-state index contributed by atoms with van der Waals surface area (Å²) >= 11 is 0. The van der Waals surface area contributed by atoms with E-state index >= 15 is 0 Å². The molecule has 0 aliphatic carbocycles. The lowest BCUT2D eigenvalue weighted by Gasteiger charge is -2.40. The second-order valence-electron chi connectivity index (χ2n) is 7.41. The number of aryl methyl sites for hydroxylation is 1. The molecule has 1 saturated heterocycles. The van der Waals surface area contributed by atoms with Crippen LogP contribution in [-0.4, -0.2) is 68.8 Å². The molecule has 5 atom stereocenters. The van der Waals surface area contributed by atoms with Gasteiger partial charge in [-0.3, -0.25) is 0 Å². The van der Waals surface area contributed by atoms with Crippen LogP contribution in [0.3, 0.4) is 0 Å². The first kappa shape index (κ1) is 21.4. The third-order valence-electron chi connectivity index (χ3n) is 5.41. The Labute approximate surface area is 178 Å². The summed E-state index contributed by atoms with van der Waals surface area (Å²) in [6.45, 7) is 1.24. The highest BCUT2D eigenvalue weighted by Gasteiger charge is 2.44. The molecule has 0 bridgehead atoms. The minimum absolute atomic E-state index is 0.422. The number of ether oxygens (including phenoxy) is 2. The normalized spacial score (nSPS) is 26.1. The lowest BCUT2D eigenvalue weighted by Crippen LogP contribution is -2.55. The highest BCUT2D eigenvalue weighted by Crippen LogP contribution is 2.38. The van der Waals surface area contributed by atoms with Crippen LogP contribution in [0.1, 0.15) is 17.6 Å². The fraction of sp³-hybridized carbons (Fsp3) is 0.364. The molecule has 9 nitrogen and oxygen atoms in total. The number of nitrogens with zero attached hydrogens (tertiary/aromatic N) is 2. The molecule has 2 heterocycles. The van der Waals surface area contributed by atoms with E-state index in [4.69, 9.17) is 13.9 Å². The Hall–Kier alpha value is -2.82. The smallest absolute Gasteiger partial charge is 0.247 e. The van der Waals surface area contributed by atoms with Crippen molar-refractivity contribution in [1.82, 2.24) is 10.2 Å².